The molecule has 4 aliphatic carbocycles. The maximum atomic E-state index is 14.1. The van der Waals surface area contributed by atoms with E-state index in [-0.39, 0.29) is 24.2 Å². The average molecular weight is 445 g/mol. The minimum Gasteiger partial charge on any atom is -0.207 e. The Bertz CT molecular complexity index is 548. The summed E-state index contributed by atoms with van der Waals surface area (Å²) < 4.78 is 28.2. The summed E-state index contributed by atoms with van der Waals surface area (Å²) in [5.41, 5.74) is 0.695. The summed E-state index contributed by atoms with van der Waals surface area (Å²) >= 11 is 3.61. The molecule has 27 heavy (non-hydrogen) atoms. The van der Waals surface area contributed by atoms with Crippen molar-refractivity contribution in [1.29, 1.82) is 0 Å². The monoisotopic (exact) mass is 444 g/mol. The van der Waals surface area contributed by atoms with Gasteiger partial charge in [0.1, 0.15) is 0 Å². The first-order valence-electron chi connectivity index (χ1n) is 11.6. The molecule has 0 aromatic rings. The molecule has 0 radical (unpaired) electrons. The molecule has 0 aliphatic heterocycles. The molecule has 3 heteroatoms. The van der Waals surface area contributed by atoms with E-state index in [1.165, 1.54) is 44.9 Å². The van der Waals surface area contributed by atoms with Crippen molar-refractivity contribution in [2.24, 2.45) is 46.3 Å². The molecule has 8 atom stereocenters. The number of hydrogen-bond donors (Lipinski definition) is 0. The van der Waals surface area contributed by atoms with Gasteiger partial charge in [0.2, 0.25) is 5.92 Å². The predicted octanol–water partition coefficient (Wildman–Crippen LogP) is 8.09. The van der Waals surface area contributed by atoms with Crippen molar-refractivity contribution >= 4 is 15.9 Å². The number of hydrogen-bond acceptors (Lipinski definition) is 0. The highest BCUT2D eigenvalue weighted by atomic mass is 79.9. The van der Waals surface area contributed by atoms with E-state index in [1.54, 1.807) is 0 Å². The van der Waals surface area contributed by atoms with E-state index >= 15 is 0 Å². The summed E-state index contributed by atoms with van der Waals surface area (Å²) in [5, 5.41) is 1.12. The van der Waals surface area contributed by atoms with Crippen molar-refractivity contribution in [3.63, 3.8) is 0 Å². The van der Waals surface area contributed by atoms with Crippen LogP contribution >= 0.6 is 15.9 Å². The highest BCUT2D eigenvalue weighted by Crippen LogP contribution is 2.69. The molecular formula is C24H39BrF2. The Hall–Kier alpha value is 0.340. The molecule has 0 aromatic heterocycles. The van der Waals surface area contributed by atoms with Crippen LogP contribution < -0.4 is 0 Å². The Balaban J connectivity index is 1.52. The van der Waals surface area contributed by atoms with Crippen molar-refractivity contribution in [3.05, 3.63) is 0 Å². The Morgan fingerprint density at radius 3 is 2.41 bits per heavy atom. The average Bonchev–Trinajstić information content (AvgIpc) is 2.97. The fraction of sp³-hybridized carbons (Fsp3) is 1.00. The fourth-order valence-corrected chi connectivity index (χ4v) is 9.07. The number of fused-ring (bicyclic) bond motifs is 5. The van der Waals surface area contributed by atoms with E-state index in [1.807, 2.05) is 0 Å². The SMILES string of the molecule is CC(CCCBr)C1CC[C@H]2[C@@H]3CC[C@@H]4CC(F)(F)CC[C@]4(C)[C@H]3CC[C@]12C. The van der Waals surface area contributed by atoms with E-state index in [0.717, 1.165) is 41.8 Å². The normalized spacial score (nSPS) is 49.8. The second-order valence-electron chi connectivity index (χ2n) is 11.3. The zero-order valence-electron chi connectivity index (χ0n) is 17.6. The van der Waals surface area contributed by atoms with Crippen LogP contribution in [0.1, 0.15) is 91.4 Å². The van der Waals surface area contributed by atoms with Gasteiger partial charge in [-0.25, -0.2) is 8.78 Å². The van der Waals surface area contributed by atoms with Crippen molar-refractivity contribution in [3.8, 4) is 0 Å². The maximum Gasteiger partial charge on any atom is 0.248 e. The van der Waals surface area contributed by atoms with Crippen LogP contribution in [0.5, 0.6) is 0 Å². The standard InChI is InChI=1S/C24H39BrF2/c1-16(5-4-14-25)19-8-9-20-18-7-6-17-15-24(26,27)13-12-22(17,2)21(18)10-11-23(19,20)3/h16-21H,4-15H2,1-3H3/t16?,17-,18+,19?,20+,21+,22+,23-/m1/s1. The first kappa shape index (κ1) is 20.6. The van der Waals surface area contributed by atoms with E-state index < -0.39 is 5.92 Å². The first-order valence-corrected chi connectivity index (χ1v) is 12.8. The zero-order chi connectivity index (χ0) is 19.4. The Kier molecular flexibility index (Phi) is 5.52. The highest BCUT2D eigenvalue weighted by molar-refractivity contribution is 9.09. The van der Waals surface area contributed by atoms with Crippen molar-refractivity contribution in [1.82, 2.24) is 0 Å². The van der Waals surface area contributed by atoms with E-state index in [4.69, 9.17) is 0 Å². The summed E-state index contributed by atoms with van der Waals surface area (Å²) in [6, 6.07) is 0. The molecule has 0 bridgehead atoms. The molecule has 0 amide bonds. The molecule has 4 fully saturated rings. The summed E-state index contributed by atoms with van der Waals surface area (Å²) in [6.07, 6.45) is 11.5. The summed E-state index contributed by atoms with van der Waals surface area (Å²) in [7, 11) is 0. The molecule has 4 aliphatic rings. The van der Waals surface area contributed by atoms with Gasteiger partial charge in [0.05, 0.1) is 0 Å². The molecule has 4 saturated carbocycles. The second kappa shape index (κ2) is 7.24. The van der Waals surface area contributed by atoms with Gasteiger partial charge in [0.15, 0.2) is 0 Å². The van der Waals surface area contributed by atoms with Gasteiger partial charge >= 0.3 is 0 Å². The first-order chi connectivity index (χ1) is 12.7. The van der Waals surface area contributed by atoms with E-state index in [9.17, 15) is 8.78 Å². The molecule has 0 saturated heterocycles. The summed E-state index contributed by atoms with van der Waals surface area (Å²) in [4.78, 5) is 0. The third-order valence-electron chi connectivity index (χ3n) is 10.2. The number of halogens is 3. The molecule has 4 rings (SSSR count). The van der Waals surface area contributed by atoms with Gasteiger partial charge in [-0.05, 0) is 104 Å². The summed E-state index contributed by atoms with van der Waals surface area (Å²) in [6.45, 7) is 7.51. The molecule has 2 unspecified atom stereocenters. The summed E-state index contributed by atoms with van der Waals surface area (Å²) in [5.74, 6) is 1.95. The van der Waals surface area contributed by atoms with Gasteiger partial charge in [0.25, 0.3) is 0 Å². The molecule has 156 valence electrons. The van der Waals surface area contributed by atoms with Crippen LogP contribution in [-0.2, 0) is 0 Å². The van der Waals surface area contributed by atoms with Crippen molar-refractivity contribution in [2.45, 2.75) is 97.3 Å². The second-order valence-corrected chi connectivity index (χ2v) is 12.0. The zero-order valence-corrected chi connectivity index (χ0v) is 19.2. The molecule has 0 N–H and O–H groups in total. The van der Waals surface area contributed by atoms with Gasteiger partial charge in [-0.2, -0.15) is 0 Å². The predicted molar refractivity (Wildman–Crippen MR) is 112 cm³/mol. The molecule has 0 aromatic carbocycles. The lowest BCUT2D eigenvalue weighted by Crippen LogP contribution is -2.55. The molecule has 0 heterocycles. The fourth-order valence-electron chi connectivity index (χ4n) is 8.75. The van der Waals surface area contributed by atoms with Crippen molar-refractivity contribution in [2.75, 3.05) is 5.33 Å². The Morgan fingerprint density at radius 2 is 1.67 bits per heavy atom. The quantitative estimate of drug-likeness (QED) is 0.384. The van der Waals surface area contributed by atoms with Gasteiger partial charge in [0, 0.05) is 18.2 Å². The highest BCUT2D eigenvalue weighted by Gasteiger charge is 2.61. The topological polar surface area (TPSA) is 0 Å². The Labute approximate surface area is 173 Å². The molecular weight excluding hydrogens is 406 g/mol. The van der Waals surface area contributed by atoms with Crippen LogP contribution in [0.4, 0.5) is 8.78 Å². The lowest BCUT2D eigenvalue weighted by Gasteiger charge is -2.61. The lowest BCUT2D eigenvalue weighted by molar-refractivity contribution is -0.164. The third-order valence-corrected chi connectivity index (χ3v) is 10.8. The van der Waals surface area contributed by atoms with Crippen molar-refractivity contribution < 1.29 is 8.78 Å². The van der Waals surface area contributed by atoms with Gasteiger partial charge in [-0.3, -0.25) is 0 Å². The minimum atomic E-state index is -2.40. The smallest absolute Gasteiger partial charge is 0.207 e. The van der Waals surface area contributed by atoms with E-state index in [0.29, 0.717) is 11.3 Å². The van der Waals surface area contributed by atoms with Crippen LogP contribution in [0, 0.1) is 46.3 Å². The number of alkyl halides is 3. The Morgan fingerprint density at radius 1 is 0.926 bits per heavy atom. The van der Waals surface area contributed by atoms with Crippen LogP contribution in [0.15, 0.2) is 0 Å². The van der Waals surface area contributed by atoms with Gasteiger partial charge < -0.3 is 0 Å². The van der Waals surface area contributed by atoms with Crippen LogP contribution in [-0.4, -0.2) is 11.3 Å². The molecule has 0 nitrogen and oxygen atoms in total. The third kappa shape index (κ3) is 3.34. The van der Waals surface area contributed by atoms with E-state index in [2.05, 4.69) is 36.7 Å². The van der Waals surface area contributed by atoms with Crippen LogP contribution in [0.25, 0.3) is 0 Å². The van der Waals surface area contributed by atoms with Crippen LogP contribution in [0.3, 0.4) is 0 Å². The maximum absolute atomic E-state index is 14.1. The number of rotatable bonds is 4. The molecule has 0 spiro atoms. The van der Waals surface area contributed by atoms with Gasteiger partial charge in [-0.15, -0.1) is 0 Å². The van der Waals surface area contributed by atoms with Gasteiger partial charge in [-0.1, -0.05) is 36.7 Å². The van der Waals surface area contributed by atoms with Crippen LogP contribution in [0.2, 0.25) is 0 Å². The lowest BCUT2D eigenvalue weighted by atomic mass is 9.44. The largest absolute Gasteiger partial charge is 0.248 e. The minimum absolute atomic E-state index is 0.136.